The zero-order valence-electron chi connectivity index (χ0n) is 17.1. The SMILES string of the molecule is O=C(CNC(=O)c1ccc(NS(=O)(=O)c2cccc([N+](=O)[O-])c2)cc1)Nc1ccc(F)c(F)c1. The zero-order chi connectivity index (χ0) is 24.9. The summed E-state index contributed by atoms with van der Waals surface area (Å²) >= 11 is 0. The number of nitro groups is 1. The van der Waals surface area contributed by atoms with Crippen molar-refractivity contribution in [3.63, 3.8) is 0 Å². The smallest absolute Gasteiger partial charge is 0.270 e. The van der Waals surface area contributed by atoms with E-state index in [4.69, 9.17) is 0 Å². The number of carbonyl (C=O) groups is 2. The summed E-state index contributed by atoms with van der Waals surface area (Å²) in [6.07, 6.45) is 0. The summed E-state index contributed by atoms with van der Waals surface area (Å²) in [5, 5.41) is 15.5. The Bertz CT molecular complexity index is 1360. The quantitative estimate of drug-likeness (QED) is 0.327. The van der Waals surface area contributed by atoms with Crippen molar-refractivity contribution in [3.8, 4) is 0 Å². The average molecular weight is 490 g/mol. The predicted molar refractivity (Wildman–Crippen MR) is 118 cm³/mol. The summed E-state index contributed by atoms with van der Waals surface area (Å²) in [7, 11) is -4.12. The van der Waals surface area contributed by atoms with Crippen LogP contribution in [-0.4, -0.2) is 31.7 Å². The number of sulfonamides is 1. The standard InChI is InChI=1S/C21H16F2N4O6S/c22-18-9-8-15(10-19(18)23)25-20(28)12-24-21(29)13-4-6-14(7-5-13)26-34(32,33)17-3-1-2-16(11-17)27(30)31/h1-11,26H,12H2,(H,24,29)(H,25,28). The summed E-state index contributed by atoms with van der Waals surface area (Å²) in [6.45, 7) is -0.459. The Morgan fingerprint density at radius 1 is 0.912 bits per heavy atom. The normalized spacial score (nSPS) is 10.9. The molecule has 0 heterocycles. The van der Waals surface area contributed by atoms with E-state index in [0.29, 0.717) is 0 Å². The molecule has 0 radical (unpaired) electrons. The van der Waals surface area contributed by atoms with E-state index in [1.54, 1.807) is 0 Å². The molecule has 3 rings (SSSR count). The number of nitro benzene ring substituents is 1. The Morgan fingerprint density at radius 2 is 1.59 bits per heavy atom. The molecule has 3 N–H and O–H groups in total. The Balaban J connectivity index is 1.58. The monoisotopic (exact) mass is 490 g/mol. The number of halogens is 2. The van der Waals surface area contributed by atoms with Crippen LogP contribution in [0.15, 0.2) is 71.6 Å². The number of anilines is 2. The van der Waals surface area contributed by atoms with Crippen LogP contribution in [0.25, 0.3) is 0 Å². The van der Waals surface area contributed by atoms with Crippen LogP contribution in [0.5, 0.6) is 0 Å². The lowest BCUT2D eigenvalue weighted by Crippen LogP contribution is -2.32. The second kappa shape index (κ2) is 10.0. The second-order valence-corrected chi connectivity index (χ2v) is 8.48. The Morgan fingerprint density at radius 3 is 2.24 bits per heavy atom. The lowest BCUT2D eigenvalue weighted by atomic mass is 10.2. The third-order valence-electron chi connectivity index (χ3n) is 4.35. The molecule has 0 saturated heterocycles. The number of nitrogens with zero attached hydrogens (tertiary/aromatic N) is 1. The Hall–Kier alpha value is -4.39. The highest BCUT2D eigenvalue weighted by molar-refractivity contribution is 7.92. The van der Waals surface area contributed by atoms with E-state index in [-0.39, 0.29) is 27.5 Å². The van der Waals surface area contributed by atoms with Gasteiger partial charge in [0.1, 0.15) is 0 Å². The lowest BCUT2D eigenvalue weighted by Gasteiger charge is -2.10. The van der Waals surface area contributed by atoms with Crippen molar-refractivity contribution in [2.24, 2.45) is 0 Å². The number of benzene rings is 3. The van der Waals surface area contributed by atoms with Gasteiger partial charge in [0.05, 0.1) is 16.4 Å². The molecule has 0 fully saturated rings. The van der Waals surface area contributed by atoms with Gasteiger partial charge in [0.15, 0.2) is 11.6 Å². The summed E-state index contributed by atoms with van der Waals surface area (Å²) in [6, 6.07) is 12.5. The first kappa shape index (κ1) is 24.3. The fourth-order valence-corrected chi connectivity index (χ4v) is 3.81. The molecule has 2 amide bonds. The van der Waals surface area contributed by atoms with Gasteiger partial charge >= 0.3 is 0 Å². The third kappa shape index (κ3) is 6.10. The molecule has 3 aromatic rings. The number of carbonyl (C=O) groups excluding carboxylic acids is 2. The second-order valence-electron chi connectivity index (χ2n) is 6.80. The van der Waals surface area contributed by atoms with E-state index in [0.717, 1.165) is 30.3 Å². The van der Waals surface area contributed by atoms with Crippen LogP contribution in [0, 0.1) is 21.7 Å². The van der Waals surface area contributed by atoms with Crippen LogP contribution in [0.4, 0.5) is 25.8 Å². The summed E-state index contributed by atoms with van der Waals surface area (Å²) in [5.41, 5.74) is -0.167. The van der Waals surface area contributed by atoms with Crippen molar-refractivity contribution >= 4 is 38.9 Å². The molecule has 13 heteroatoms. The van der Waals surface area contributed by atoms with Gasteiger partial charge in [-0.25, -0.2) is 17.2 Å². The predicted octanol–water partition coefficient (Wildman–Crippen LogP) is 3.04. The van der Waals surface area contributed by atoms with E-state index in [1.807, 2.05) is 0 Å². The van der Waals surface area contributed by atoms with Gasteiger partial charge in [0.25, 0.3) is 21.6 Å². The van der Waals surface area contributed by atoms with Gasteiger partial charge in [0, 0.05) is 35.1 Å². The number of amides is 2. The summed E-state index contributed by atoms with van der Waals surface area (Å²) in [5.74, 6) is -3.53. The minimum atomic E-state index is -4.12. The average Bonchev–Trinajstić information content (AvgIpc) is 2.80. The van der Waals surface area contributed by atoms with Crippen LogP contribution in [0.1, 0.15) is 10.4 Å². The van der Waals surface area contributed by atoms with Crippen molar-refractivity contribution in [1.29, 1.82) is 0 Å². The highest BCUT2D eigenvalue weighted by atomic mass is 32.2. The fraction of sp³-hybridized carbons (Fsp3) is 0.0476. The molecular weight excluding hydrogens is 474 g/mol. The number of hydrogen-bond donors (Lipinski definition) is 3. The molecule has 0 atom stereocenters. The zero-order valence-corrected chi connectivity index (χ0v) is 17.9. The number of hydrogen-bond acceptors (Lipinski definition) is 6. The van der Waals surface area contributed by atoms with Crippen LogP contribution in [0.2, 0.25) is 0 Å². The molecule has 0 unspecified atom stereocenters. The molecule has 0 aliphatic carbocycles. The van der Waals surface area contributed by atoms with Crippen LogP contribution < -0.4 is 15.4 Å². The molecular formula is C21H16F2N4O6S. The molecule has 0 aromatic heterocycles. The minimum absolute atomic E-state index is 0.0125. The molecule has 0 aliphatic rings. The van der Waals surface area contributed by atoms with Crippen molar-refractivity contribution in [1.82, 2.24) is 5.32 Å². The van der Waals surface area contributed by atoms with E-state index in [2.05, 4.69) is 15.4 Å². The van der Waals surface area contributed by atoms with E-state index < -0.39 is 44.9 Å². The van der Waals surface area contributed by atoms with Gasteiger partial charge in [-0.2, -0.15) is 0 Å². The molecule has 10 nitrogen and oxygen atoms in total. The topological polar surface area (TPSA) is 148 Å². The van der Waals surface area contributed by atoms with Gasteiger partial charge in [-0.15, -0.1) is 0 Å². The van der Waals surface area contributed by atoms with E-state index >= 15 is 0 Å². The molecule has 34 heavy (non-hydrogen) atoms. The van der Waals surface area contributed by atoms with Crippen LogP contribution in [0.3, 0.4) is 0 Å². The molecule has 0 spiro atoms. The van der Waals surface area contributed by atoms with Crippen molar-refractivity contribution in [2.45, 2.75) is 4.90 Å². The van der Waals surface area contributed by atoms with Gasteiger partial charge in [0.2, 0.25) is 5.91 Å². The van der Waals surface area contributed by atoms with Gasteiger partial charge in [-0.05, 0) is 42.5 Å². The van der Waals surface area contributed by atoms with Crippen molar-refractivity contribution in [2.75, 3.05) is 16.6 Å². The van der Waals surface area contributed by atoms with E-state index in [1.165, 1.54) is 36.4 Å². The largest absolute Gasteiger partial charge is 0.343 e. The van der Waals surface area contributed by atoms with Gasteiger partial charge in [-0.3, -0.25) is 24.4 Å². The summed E-state index contributed by atoms with van der Waals surface area (Å²) < 4.78 is 53.3. The Labute approximate surface area is 191 Å². The maximum absolute atomic E-state index is 13.2. The van der Waals surface area contributed by atoms with Crippen LogP contribution >= 0.6 is 0 Å². The minimum Gasteiger partial charge on any atom is -0.343 e. The number of non-ortho nitro benzene ring substituents is 1. The fourth-order valence-electron chi connectivity index (χ4n) is 2.71. The first-order chi connectivity index (χ1) is 16.0. The molecule has 176 valence electrons. The van der Waals surface area contributed by atoms with Gasteiger partial charge < -0.3 is 10.6 Å². The van der Waals surface area contributed by atoms with Crippen molar-refractivity contribution in [3.05, 3.63) is 94.0 Å². The van der Waals surface area contributed by atoms with E-state index in [9.17, 15) is 36.9 Å². The highest BCUT2D eigenvalue weighted by Crippen LogP contribution is 2.21. The molecule has 0 aliphatic heterocycles. The molecule has 0 bridgehead atoms. The third-order valence-corrected chi connectivity index (χ3v) is 5.73. The Kier molecular flexibility index (Phi) is 7.16. The highest BCUT2D eigenvalue weighted by Gasteiger charge is 2.18. The maximum atomic E-state index is 13.2. The molecule has 3 aromatic carbocycles. The number of nitrogens with one attached hydrogen (secondary N) is 3. The maximum Gasteiger partial charge on any atom is 0.270 e. The first-order valence-corrected chi connectivity index (χ1v) is 10.9. The lowest BCUT2D eigenvalue weighted by molar-refractivity contribution is -0.385. The van der Waals surface area contributed by atoms with Crippen LogP contribution in [-0.2, 0) is 14.8 Å². The first-order valence-electron chi connectivity index (χ1n) is 9.45. The molecule has 0 saturated carbocycles. The van der Waals surface area contributed by atoms with Gasteiger partial charge in [-0.1, -0.05) is 6.07 Å². The number of rotatable bonds is 8. The summed E-state index contributed by atoms with van der Waals surface area (Å²) in [4.78, 5) is 33.9. The van der Waals surface area contributed by atoms with Crippen molar-refractivity contribution < 1.29 is 31.7 Å².